The zero-order chi connectivity index (χ0) is 19.7. The van der Waals surface area contributed by atoms with E-state index in [9.17, 15) is 10.1 Å². The molecule has 3 nitrogen and oxygen atoms in total. The van der Waals surface area contributed by atoms with Crippen LogP contribution in [0.3, 0.4) is 0 Å². The standard InChI is InChI=1S/C23H31NO2/c1-8-9-12-26-19-11-10-16-17(13-23(6,7)20(16)15(19)2)18(14-24)21(25)22(3,4)5/h10-11H,8-9,12-13H2,1-7H3. The van der Waals surface area contributed by atoms with Crippen LogP contribution in [-0.4, -0.2) is 12.4 Å². The predicted molar refractivity (Wildman–Crippen MR) is 106 cm³/mol. The molecule has 0 atom stereocenters. The first-order valence-corrected chi connectivity index (χ1v) is 9.50. The molecule has 0 heterocycles. The Labute approximate surface area is 158 Å². The number of ketones is 1. The Morgan fingerprint density at radius 1 is 1.31 bits per heavy atom. The normalized spacial score (nSPS) is 17.5. The lowest BCUT2D eigenvalue weighted by Gasteiger charge is -2.22. The van der Waals surface area contributed by atoms with Gasteiger partial charge >= 0.3 is 0 Å². The van der Waals surface area contributed by atoms with Crippen molar-refractivity contribution in [2.45, 2.75) is 73.1 Å². The zero-order valence-corrected chi connectivity index (χ0v) is 17.2. The number of rotatable bonds is 5. The van der Waals surface area contributed by atoms with Crippen molar-refractivity contribution in [2.24, 2.45) is 5.41 Å². The Hall–Kier alpha value is -2.08. The first kappa shape index (κ1) is 20.2. The number of nitrogens with zero attached hydrogens (tertiary/aromatic N) is 1. The van der Waals surface area contributed by atoms with Crippen LogP contribution in [-0.2, 0) is 10.2 Å². The lowest BCUT2D eigenvalue weighted by atomic mass is 9.82. The molecule has 26 heavy (non-hydrogen) atoms. The molecular weight excluding hydrogens is 322 g/mol. The van der Waals surface area contributed by atoms with Gasteiger partial charge in [-0.25, -0.2) is 0 Å². The van der Waals surface area contributed by atoms with Gasteiger partial charge in [0.2, 0.25) is 0 Å². The van der Waals surface area contributed by atoms with Gasteiger partial charge in [0.15, 0.2) is 5.78 Å². The second-order valence-electron chi connectivity index (χ2n) is 8.92. The van der Waals surface area contributed by atoms with Gasteiger partial charge in [-0.15, -0.1) is 0 Å². The largest absolute Gasteiger partial charge is 0.493 e. The van der Waals surface area contributed by atoms with Crippen molar-refractivity contribution in [2.75, 3.05) is 6.61 Å². The van der Waals surface area contributed by atoms with Crippen LogP contribution in [0.2, 0.25) is 0 Å². The van der Waals surface area contributed by atoms with E-state index in [4.69, 9.17) is 4.74 Å². The molecule has 140 valence electrons. The van der Waals surface area contributed by atoms with Crippen molar-refractivity contribution < 1.29 is 9.53 Å². The highest BCUT2D eigenvalue weighted by Crippen LogP contribution is 2.50. The molecule has 0 amide bonds. The zero-order valence-electron chi connectivity index (χ0n) is 17.2. The third kappa shape index (κ3) is 3.70. The quantitative estimate of drug-likeness (QED) is 0.385. The summed E-state index contributed by atoms with van der Waals surface area (Å²) in [7, 11) is 0. The fourth-order valence-electron chi connectivity index (χ4n) is 3.78. The highest BCUT2D eigenvalue weighted by molar-refractivity contribution is 6.09. The van der Waals surface area contributed by atoms with Crippen molar-refractivity contribution in [3.63, 3.8) is 0 Å². The van der Waals surface area contributed by atoms with Crippen molar-refractivity contribution in [1.82, 2.24) is 0 Å². The molecule has 0 saturated carbocycles. The van der Waals surface area contributed by atoms with Crippen LogP contribution in [0.4, 0.5) is 0 Å². The maximum Gasteiger partial charge on any atom is 0.178 e. The van der Waals surface area contributed by atoms with Gasteiger partial charge in [0.1, 0.15) is 11.8 Å². The molecule has 0 bridgehead atoms. The molecule has 0 spiro atoms. The number of fused-ring (bicyclic) bond motifs is 1. The number of allylic oxidation sites excluding steroid dienone is 2. The maximum absolute atomic E-state index is 12.8. The first-order chi connectivity index (χ1) is 12.0. The van der Waals surface area contributed by atoms with Crippen molar-refractivity contribution >= 4 is 11.4 Å². The Bertz CT molecular complexity index is 786. The maximum atomic E-state index is 12.8. The minimum Gasteiger partial charge on any atom is -0.493 e. The number of Topliss-reactive ketones (excluding diaryl/α,β-unsaturated/α-hetero) is 1. The minimum atomic E-state index is -0.566. The monoisotopic (exact) mass is 353 g/mol. The van der Waals surface area contributed by atoms with E-state index >= 15 is 0 Å². The summed E-state index contributed by atoms with van der Waals surface area (Å²) in [6.07, 6.45) is 2.83. The van der Waals surface area contributed by atoms with Crippen molar-refractivity contribution in [1.29, 1.82) is 5.26 Å². The number of benzene rings is 1. The van der Waals surface area contributed by atoms with Gasteiger partial charge in [0.25, 0.3) is 0 Å². The Morgan fingerprint density at radius 2 is 1.96 bits per heavy atom. The number of ether oxygens (including phenoxy) is 1. The second kappa shape index (κ2) is 7.27. The van der Waals surface area contributed by atoms with Crippen LogP contribution in [0, 0.1) is 23.7 Å². The predicted octanol–water partition coefficient (Wildman–Crippen LogP) is 5.75. The molecule has 1 aliphatic carbocycles. The number of hydrogen-bond acceptors (Lipinski definition) is 3. The van der Waals surface area contributed by atoms with Crippen LogP contribution >= 0.6 is 0 Å². The van der Waals surface area contributed by atoms with E-state index < -0.39 is 5.41 Å². The minimum absolute atomic E-state index is 0.0837. The van der Waals surface area contributed by atoms with Gasteiger partial charge in [0.05, 0.1) is 12.2 Å². The fourth-order valence-corrected chi connectivity index (χ4v) is 3.78. The molecule has 3 heteroatoms. The Kier molecular flexibility index (Phi) is 5.66. The number of unbranched alkanes of at least 4 members (excludes halogenated alkanes) is 1. The van der Waals surface area contributed by atoms with Gasteiger partial charge < -0.3 is 4.74 Å². The average Bonchev–Trinajstić information content (AvgIpc) is 2.81. The summed E-state index contributed by atoms with van der Waals surface area (Å²) in [5.41, 5.74) is 3.86. The highest BCUT2D eigenvalue weighted by atomic mass is 16.5. The second-order valence-corrected chi connectivity index (χ2v) is 8.92. The van der Waals surface area contributed by atoms with Crippen LogP contribution in [0.1, 0.15) is 77.5 Å². The number of hydrogen-bond donors (Lipinski definition) is 0. The SMILES string of the molecule is CCCCOc1ccc2c(c1C)C(C)(C)CC2=C(C#N)C(=O)C(C)(C)C. The summed E-state index contributed by atoms with van der Waals surface area (Å²) < 4.78 is 5.97. The van der Waals surface area contributed by atoms with Gasteiger partial charge in [-0.1, -0.05) is 54.0 Å². The van der Waals surface area contributed by atoms with Gasteiger partial charge in [-0.3, -0.25) is 4.79 Å². The van der Waals surface area contributed by atoms with E-state index in [1.54, 1.807) is 0 Å². The molecule has 0 aliphatic heterocycles. The Morgan fingerprint density at radius 3 is 2.50 bits per heavy atom. The number of nitriles is 1. The molecule has 2 rings (SSSR count). The van der Waals surface area contributed by atoms with Crippen molar-refractivity contribution in [3.05, 3.63) is 34.4 Å². The third-order valence-electron chi connectivity index (χ3n) is 5.11. The third-order valence-corrected chi connectivity index (χ3v) is 5.11. The summed E-state index contributed by atoms with van der Waals surface area (Å²) in [6, 6.07) is 6.22. The summed E-state index contributed by atoms with van der Waals surface area (Å²) in [5.74, 6) is 0.826. The molecule has 1 aliphatic rings. The van der Waals surface area contributed by atoms with Crippen LogP contribution in [0.5, 0.6) is 5.75 Å². The molecular formula is C23H31NO2. The molecule has 0 N–H and O–H groups in total. The lowest BCUT2D eigenvalue weighted by molar-refractivity contribution is -0.122. The highest BCUT2D eigenvalue weighted by Gasteiger charge is 2.39. The molecule has 0 unspecified atom stereocenters. The topological polar surface area (TPSA) is 50.1 Å². The molecule has 1 aromatic rings. The fraction of sp³-hybridized carbons (Fsp3) is 0.565. The van der Waals surface area contributed by atoms with Gasteiger partial charge in [0, 0.05) is 5.41 Å². The Balaban J connectivity index is 2.60. The van der Waals surface area contributed by atoms with Crippen LogP contribution < -0.4 is 4.74 Å². The van der Waals surface area contributed by atoms with Gasteiger partial charge in [-0.05, 0) is 53.5 Å². The average molecular weight is 354 g/mol. The summed E-state index contributed by atoms with van der Waals surface area (Å²) in [6.45, 7) is 14.9. The van der Waals surface area contributed by atoms with E-state index in [1.165, 1.54) is 5.56 Å². The molecule has 0 radical (unpaired) electrons. The molecule has 0 aromatic heterocycles. The number of carbonyl (C=O) groups is 1. The summed E-state index contributed by atoms with van der Waals surface area (Å²) in [4.78, 5) is 12.8. The van der Waals surface area contributed by atoms with Gasteiger partial charge in [-0.2, -0.15) is 5.26 Å². The van der Waals surface area contributed by atoms with E-state index in [2.05, 4.69) is 33.8 Å². The number of carbonyl (C=O) groups excluding carboxylic acids is 1. The van der Waals surface area contributed by atoms with E-state index in [0.717, 1.165) is 35.3 Å². The van der Waals surface area contributed by atoms with E-state index in [0.29, 0.717) is 18.6 Å². The summed E-state index contributed by atoms with van der Waals surface area (Å²) in [5, 5.41) is 9.73. The molecule has 0 saturated heterocycles. The molecule has 1 aromatic carbocycles. The first-order valence-electron chi connectivity index (χ1n) is 9.50. The molecule has 0 fully saturated rings. The van der Waals surface area contributed by atoms with Crippen LogP contribution in [0.15, 0.2) is 17.7 Å². The van der Waals surface area contributed by atoms with Crippen LogP contribution in [0.25, 0.3) is 5.57 Å². The lowest BCUT2D eigenvalue weighted by Crippen LogP contribution is -2.22. The van der Waals surface area contributed by atoms with E-state index in [1.807, 2.05) is 32.9 Å². The van der Waals surface area contributed by atoms with E-state index in [-0.39, 0.29) is 11.2 Å². The van der Waals surface area contributed by atoms with Crippen molar-refractivity contribution in [3.8, 4) is 11.8 Å². The summed E-state index contributed by atoms with van der Waals surface area (Å²) >= 11 is 0. The smallest absolute Gasteiger partial charge is 0.178 e.